The summed E-state index contributed by atoms with van der Waals surface area (Å²) < 4.78 is 5.84. The van der Waals surface area contributed by atoms with Crippen LogP contribution in [0.1, 0.15) is 30.9 Å². The summed E-state index contributed by atoms with van der Waals surface area (Å²) >= 11 is 0. The highest BCUT2D eigenvalue weighted by molar-refractivity contribution is 5.85. The second-order valence-electron chi connectivity index (χ2n) is 6.89. The normalized spacial score (nSPS) is 14.6. The third-order valence-corrected chi connectivity index (χ3v) is 4.48. The molecule has 0 saturated carbocycles. The molecule has 1 aliphatic rings. The lowest BCUT2D eigenvalue weighted by Gasteiger charge is -2.29. The molecule has 1 aliphatic heterocycles. The molecule has 1 fully saturated rings. The number of nitrogens with zero attached hydrogens (tertiary/aromatic N) is 2. The monoisotopic (exact) mass is 369 g/mol. The van der Waals surface area contributed by atoms with Gasteiger partial charge in [0.15, 0.2) is 0 Å². The van der Waals surface area contributed by atoms with Gasteiger partial charge in [-0.2, -0.15) is 0 Å². The number of benzene rings is 1. The standard InChI is InChI=1S/C19H31N3O2.ClH/c1-15(2)18-6-5-17(13-16(18)3)24-12-11-21(4)14-19(23)22-9-7-20-8-10-22;/h5-6,13,15,20H,7-12,14H2,1-4H3;1H. The van der Waals surface area contributed by atoms with Crippen LogP contribution in [0.4, 0.5) is 0 Å². The highest BCUT2D eigenvalue weighted by atomic mass is 35.5. The van der Waals surface area contributed by atoms with Crippen LogP contribution in [0, 0.1) is 6.92 Å². The van der Waals surface area contributed by atoms with Gasteiger partial charge in [0.2, 0.25) is 5.91 Å². The first-order chi connectivity index (χ1) is 11.5. The van der Waals surface area contributed by atoms with E-state index in [2.05, 4.69) is 38.2 Å². The van der Waals surface area contributed by atoms with Gasteiger partial charge in [0.25, 0.3) is 0 Å². The van der Waals surface area contributed by atoms with Crippen molar-refractivity contribution in [2.75, 3.05) is 52.9 Å². The highest BCUT2D eigenvalue weighted by Gasteiger charge is 2.17. The smallest absolute Gasteiger partial charge is 0.236 e. The molecule has 0 unspecified atom stereocenters. The number of aryl methyl sites for hydroxylation is 1. The summed E-state index contributed by atoms with van der Waals surface area (Å²) in [5, 5.41) is 3.26. The van der Waals surface area contributed by atoms with Crippen LogP contribution in [-0.2, 0) is 4.79 Å². The third kappa shape index (κ3) is 6.84. The molecule has 25 heavy (non-hydrogen) atoms. The van der Waals surface area contributed by atoms with Crippen LogP contribution >= 0.6 is 12.4 Å². The van der Waals surface area contributed by atoms with E-state index in [4.69, 9.17) is 4.74 Å². The zero-order valence-electron chi connectivity index (χ0n) is 15.9. The fourth-order valence-electron chi connectivity index (χ4n) is 3.03. The second-order valence-corrected chi connectivity index (χ2v) is 6.89. The number of hydrogen-bond acceptors (Lipinski definition) is 4. The van der Waals surface area contributed by atoms with Gasteiger partial charge in [0.05, 0.1) is 6.54 Å². The first-order valence-electron chi connectivity index (χ1n) is 8.87. The first-order valence-corrected chi connectivity index (χ1v) is 8.87. The molecular weight excluding hydrogens is 338 g/mol. The van der Waals surface area contributed by atoms with Gasteiger partial charge < -0.3 is 15.0 Å². The van der Waals surface area contributed by atoms with Gasteiger partial charge in [-0.1, -0.05) is 19.9 Å². The Morgan fingerprint density at radius 2 is 2.00 bits per heavy atom. The Balaban J connectivity index is 0.00000312. The number of rotatable bonds is 7. The molecule has 5 nitrogen and oxygen atoms in total. The number of hydrogen-bond donors (Lipinski definition) is 1. The molecule has 6 heteroatoms. The van der Waals surface area contributed by atoms with Gasteiger partial charge in [0.1, 0.15) is 12.4 Å². The molecule has 0 aromatic heterocycles. The average molecular weight is 370 g/mol. The van der Waals surface area contributed by atoms with E-state index in [0.717, 1.165) is 38.5 Å². The summed E-state index contributed by atoms with van der Waals surface area (Å²) in [6.07, 6.45) is 0. The fraction of sp³-hybridized carbons (Fsp3) is 0.632. The largest absolute Gasteiger partial charge is 0.492 e. The van der Waals surface area contributed by atoms with Crippen molar-refractivity contribution >= 4 is 18.3 Å². The van der Waals surface area contributed by atoms with Crippen molar-refractivity contribution in [3.05, 3.63) is 29.3 Å². The van der Waals surface area contributed by atoms with E-state index in [1.54, 1.807) is 0 Å². The summed E-state index contributed by atoms with van der Waals surface area (Å²) in [4.78, 5) is 16.2. The lowest BCUT2D eigenvalue weighted by atomic mass is 9.98. The topological polar surface area (TPSA) is 44.8 Å². The maximum absolute atomic E-state index is 12.2. The number of amides is 1. The van der Waals surface area contributed by atoms with Crippen LogP contribution in [-0.4, -0.2) is 68.6 Å². The van der Waals surface area contributed by atoms with Gasteiger partial charge in [-0.15, -0.1) is 12.4 Å². The molecule has 1 amide bonds. The zero-order valence-corrected chi connectivity index (χ0v) is 16.7. The number of piperazine rings is 1. The van der Waals surface area contributed by atoms with Crippen LogP contribution < -0.4 is 10.1 Å². The molecule has 1 heterocycles. The third-order valence-electron chi connectivity index (χ3n) is 4.48. The molecule has 0 aliphatic carbocycles. The van der Waals surface area contributed by atoms with Crippen molar-refractivity contribution in [2.45, 2.75) is 26.7 Å². The van der Waals surface area contributed by atoms with E-state index in [1.807, 2.05) is 22.9 Å². The first kappa shape index (κ1) is 21.7. The van der Waals surface area contributed by atoms with Crippen molar-refractivity contribution in [3.63, 3.8) is 0 Å². The summed E-state index contributed by atoms with van der Waals surface area (Å²) in [7, 11) is 1.97. The van der Waals surface area contributed by atoms with Crippen molar-refractivity contribution in [3.8, 4) is 5.75 Å². The highest BCUT2D eigenvalue weighted by Crippen LogP contribution is 2.23. The van der Waals surface area contributed by atoms with Crippen LogP contribution in [0.3, 0.4) is 0 Å². The Hall–Kier alpha value is -1.30. The number of likely N-dealkylation sites (N-methyl/N-ethyl adjacent to an activating group) is 1. The van der Waals surface area contributed by atoms with Crippen molar-refractivity contribution in [1.82, 2.24) is 15.1 Å². The zero-order chi connectivity index (χ0) is 17.5. The van der Waals surface area contributed by atoms with Crippen LogP contribution in [0.5, 0.6) is 5.75 Å². The summed E-state index contributed by atoms with van der Waals surface area (Å²) in [5.41, 5.74) is 2.63. The van der Waals surface area contributed by atoms with Crippen molar-refractivity contribution in [2.24, 2.45) is 0 Å². The molecule has 2 rings (SSSR count). The summed E-state index contributed by atoms with van der Waals surface area (Å²) in [6.45, 7) is 11.7. The fourth-order valence-corrected chi connectivity index (χ4v) is 3.03. The van der Waals surface area contributed by atoms with Crippen molar-refractivity contribution < 1.29 is 9.53 Å². The second kappa shape index (κ2) is 10.6. The molecule has 1 saturated heterocycles. The molecule has 0 atom stereocenters. The Bertz CT molecular complexity index is 545. The lowest BCUT2D eigenvalue weighted by molar-refractivity contribution is -0.132. The van der Waals surface area contributed by atoms with E-state index in [0.29, 0.717) is 19.1 Å². The number of halogens is 1. The van der Waals surface area contributed by atoms with Gasteiger partial charge >= 0.3 is 0 Å². The number of nitrogens with one attached hydrogen (secondary N) is 1. The van der Waals surface area contributed by atoms with Crippen molar-refractivity contribution in [1.29, 1.82) is 0 Å². The summed E-state index contributed by atoms with van der Waals surface area (Å²) in [5.74, 6) is 1.64. The quantitative estimate of drug-likeness (QED) is 0.800. The molecule has 1 aromatic carbocycles. The van der Waals surface area contributed by atoms with E-state index in [1.165, 1.54) is 11.1 Å². The molecule has 1 aromatic rings. The van der Waals surface area contributed by atoms with Gasteiger partial charge in [-0.05, 0) is 43.1 Å². The Labute approximate surface area is 158 Å². The van der Waals surface area contributed by atoms with Gasteiger partial charge in [-0.3, -0.25) is 9.69 Å². The minimum absolute atomic E-state index is 0. The molecule has 142 valence electrons. The lowest BCUT2D eigenvalue weighted by Crippen LogP contribution is -2.49. The number of carbonyl (C=O) groups excluding carboxylic acids is 1. The van der Waals surface area contributed by atoms with E-state index >= 15 is 0 Å². The predicted molar refractivity (Wildman–Crippen MR) is 105 cm³/mol. The van der Waals surface area contributed by atoms with E-state index < -0.39 is 0 Å². The maximum Gasteiger partial charge on any atom is 0.236 e. The summed E-state index contributed by atoms with van der Waals surface area (Å²) in [6, 6.07) is 6.28. The maximum atomic E-state index is 12.2. The molecule has 0 spiro atoms. The SMILES string of the molecule is Cc1cc(OCCN(C)CC(=O)N2CCNCC2)ccc1C(C)C.Cl. The Kier molecular flexibility index (Phi) is 9.25. The van der Waals surface area contributed by atoms with Gasteiger partial charge in [0, 0.05) is 32.7 Å². The van der Waals surface area contributed by atoms with E-state index in [9.17, 15) is 4.79 Å². The van der Waals surface area contributed by atoms with Crippen LogP contribution in [0.15, 0.2) is 18.2 Å². The molecule has 0 bridgehead atoms. The minimum atomic E-state index is 0. The number of ether oxygens (including phenoxy) is 1. The average Bonchev–Trinajstić information content (AvgIpc) is 2.55. The predicted octanol–water partition coefficient (Wildman–Crippen LogP) is 2.28. The Morgan fingerprint density at radius 3 is 2.60 bits per heavy atom. The van der Waals surface area contributed by atoms with Crippen LogP contribution in [0.2, 0.25) is 0 Å². The Morgan fingerprint density at radius 1 is 1.32 bits per heavy atom. The molecular formula is C19H32ClN3O2. The molecule has 0 radical (unpaired) electrons. The van der Waals surface area contributed by atoms with E-state index in [-0.39, 0.29) is 18.3 Å². The van der Waals surface area contributed by atoms with Gasteiger partial charge in [-0.25, -0.2) is 0 Å². The minimum Gasteiger partial charge on any atom is -0.492 e. The van der Waals surface area contributed by atoms with Crippen LogP contribution in [0.25, 0.3) is 0 Å². The molecule has 1 N–H and O–H groups in total. The number of carbonyl (C=O) groups is 1.